The average molecular weight is 239 g/mol. The molecule has 94 valence electrons. The molecule has 0 aliphatic carbocycles. The van der Waals surface area contributed by atoms with Gasteiger partial charge in [0.2, 0.25) is 5.91 Å². The molecule has 1 amide bonds. The fourth-order valence-electron chi connectivity index (χ4n) is 1.44. The van der Waals surface area contributed by atoms with Crippen LogP contribution in [-0.2, 0) is 11.2 Å². The highest BCUT2D eigenvalue weighted by molar-refractivity contribution is 5.78. The highest BCUT2D eigenvalue weighted by Gasteiger charge is 2.14. The van der Waals surface area contributed by atoms with Gasteiger partial charge in [0.05, 0.1) is 6.42 Å². The fraction of sp³-hybridized carbons (Fsp3) is 0.462. The summed E-state index contributed by atoms with van der Waals surface area (Å²) in [6, 6.07) is 5.89. The summed E-state index contributed by atoms with van der Waals surface area (Å²) >= 11 is 0. The molecule has 0 aliphatic heterocycles. The Balaban J connectivity index is 2.50. The van der Waals surface area contributed by atoms with E-state index in [4.69, 9.17) is 5.11 Å². The Morgan fingerprint density at radius 1 is 1.47 bits per heavy atom. The molecular formula is C13H18FNO2. The minimum atomic E-state index is -0.341. The smallest absolute Gasteiger partial charge is 0.224 e. The van der Waals surface area contributed by atoms with Crippen LogP contribution in [0.1, 0.15) is 19.4 Å². The van der Waals surface area contributed by atoms with Crippen LogP contribution >= 0.6 is 0 Å². The number of amides is 1. The van der Waals surface area contributed by atoms with Gasteiger partial charge >= 0.3 is 0 Å². The summed E-state index contributed by atoms with van der Waals surface area (Å²) in [6.07, 6.45) is 0.153. The van der Waals surface area contributed by atoms with Crippen LogP contribution in [-0.4, -0.2) is 23.7 Å². The predicted octanol–water partition coefficient (Wildman–Crippen LogP) is 1.50. The zero-order valence-corrected chi connectivity index (χ0v) is 10.1. The van der Waals surface area contributed by atoms with E-state index in [9.17, 15) is 9.18 Å². The zero-order valence-electron chi connectivity index (χ0n) is 10.1. The monoisotopic (exact) mass is 239 g/mol. The van der Waals surface area contributed by atoms with Gasteiger partial charge in [0.1, 0.15) is 5.82 Å². The maximum atomic E-state index is 12.9. The van der Waals surface area contributed by atoms with E-state index >= 15 is 0 Å². The minimum Gasteiger partial charge on any atom is -0.396 e. The molecule has 0 heterocycles. The number of benzene rings is 1. The summed E-state index contributed by atoms with van der Waals surface area (Å²) in [7, 11) is 0. The van der Waals surface area contributed by atoms with E-state index in [1.807, 2.05) is 13.8 Å². The van der Waals surface area contributed by atoms with Crippen molar-refractivity contribution in [2.45, 2.75) is 26.3 Å². The number of aliphatic hydroxyl groups excluding tert-OH is 1. The normalized spacial score (nSPS) is 14.1. The van der Waals surface area contributed by atoms with Crippen molar-refractivity contribution in [3.05, 3.63) is 35.6 Å². The summed E-state index contributed by atoms with van der Waals surface area (Å²) in [6.45, 7) is 3.72. The molecule has 0 fully saturated rings. The molecular weight excluding hydrogens is 221 g/mol. The Morgan fingerprint density at radius 3 is 2.76 bits per heavy atom. The minimum absolute atomic E-state index is 0.00598. The lowest BCUT2D eigenvalue weighted by Gasteiger charge is -2.19. The second kappa shape index (κ2) is 6.35. The summed E-state index contributed by atoms with van der Waals surface area (Å²) < 4.78 is 12.9. The first-order chi connectivity index (χ1) is 8.02. The van der Waals surface area contributed by atoms with E-state index in [0.717, 1.165) is 0 Å². The lowest BCUT2D eigenvalue weighted by Crippen LogP contribution is -2.39. The van der Waals surface area contributed by atoms with Gasteiger partial charge in [-0.3, -0.25) is 4.79 Å². The molecule has 1 aromatic rings. The van der Waals surface area contributed by atoms with Crippen LogP contribution in [0.4, 0.5) is 4.39 Å². The van der Waals surface area contributed by atoms with Crippen molar-refractivity contribution in [1.82, 2.24) is 5.32 Å². The van der Waals surface area contributed by atoms with Crippen molar-refractivity contribution in [1.29, 1.82) is 0 Å². The molecule has 1 aromatic carbocycles. The Morgan fingerprint density at radius 2 is 2.18 bits per heavy atom. The van der Waals surface area contributed by atoms with Crippen LogP contribution in [0.2, 0.25) is 0 Å². The Kier molecular flexibility index (Phi) is 5.10. The maximum Gasteiger partial charge on any atom is 0.224 e. The Bertz CT molecular complexity index is 381. The summed E-state index contributed by atoms with van der Waals surface area (Å²) in [5.74, 6) is -0.498. The first-order valence-electron chi connectivity index (χ1n) is 5.67. The van der Waals surface area contributed by atoms with Crippen molar-refractivity contribution in [3.63, 3.8) is 0 Å². The molecule has 0 aliphatic rings. The lowest BCUT2D eigenvalue weighted by atomic mass is 10.0. The molecule has 0 bridgehead atoms. The highest BCUT2D eigenvalue weighted by atomic mass is 19.1. The first-order valence-corrected chi connectivity index (χ1v) is 5.67. The summed E-state index contributed by atoms with van der Waals surface area (Å²) in [5, 5.41) is 11.7. The largest absolute Gasteiger partial charge is 0.396 e. The molecule has 0 saturated heterocycles. The van der Waals surface area contributed by atoms with Crippen molar-refractivity contribution >= 4 is 5.91 Å². The molecule has 17 heavy (non-hydrogen) atoms. The maximum absolute atomic E-state index is 12.9. The number of aliphatic hydroxyl groups is 1. The summed E-state index contributed by atoms with van der Waals surface area (Å²) in [5.41, 5.74) is 0.645. The molecule has 2 N–H and O–H groups in total. The molecule has 0 aromatic heterocycles. The van der Waals surface area contributed by atoms with E-state index in [1.54, 1.807) is 12.1 Å². The molecule has 2 atom stereocenters. The Labute approximate surface area is 101 Å². The molecule has 4 heteroatoms. The Hall–Kier alpha value is -1.42. The second-order valence-corrected chi connectivity index (χ2v) is 4.32. The van der Waals surface area contributed by atoms with Crippen molar-refractivity contribution in [2.75, 3.05) is 6.61 Å². The third-order valence-corrected chi connectivity index (χ3v) is 2.78. The van der Waals surface area contributed by atoms with Gasteiger partial charge in [-0.1, -0.05) is 19.1 Å². The van der Waals surface area contributed by atoms with E-state index in [2.05, 4.69) is 5.32 Å². The molecule has 3 nitrogen and oxygen atoms in total. The average Bonchev–Trinajstić information content (AvgIpc) is 2.27. The van der Waals surface area contributed by atoms with E-state index in [0.29, 0.717) is 5.56 Å². The quantitative estimate of drug-likeness (QED) is 0.818. The van der Waals surface area contributed by atoms with Crippen molar-refractivity contribution in [2.24, 2.45) is 5.92 Å². The van der Waals surface area contributed by atoms with Gasteiger partial charge in [0, 0.05) is 12.6 Å². The number of carbonyl (C=O) groups excluding carboxylic acids is 1. The third kappa shape index (κ3) is 4.53. The SMILES string of the molecule is CC(CO)C(C)NC(=O)Cc1cccc(F)c1. The number of rotatable bonds is 5. The van der Waals surface area contributed by atoms with Crippen LogP contribution in [0.25, 0.3) is 0 Å². The number of halogens is 1. The van der Waals surface area contributed by atoms with Crippen molar-refractivity contribution in [3.8, 4) is 0 Å². The first kappa shape index (κ1) is 13.6. The van der Waals surface area contributed by atoms with Crippen LogP contribution in [0.3, 0.4) is 0 Å². The molecule has 2 unspecified atom stereocenters. The molecule has 1 rings (SSSR count). The van der Waals surface area contributed by atoms with Crippen molar-refractivity contribution < 1.29 is 14.3 Å². The topological polar surface area (TPSA) is 49.3 Å². The number of hydrogen-bond acceptors (Lipinski definition) is 2. The zero-order chi connectivity index (χ0) is 12.8. The van der Waals surface area contributed by atoms with E-state index in [-0.39, 0.29) is 36.7 Å². The van der Waals surface area contributed by atoms with Gasteiger partial charge in [-0.15, -0.1) is 0 Å². The predicted molar refractivity (Wildman–Crippen MR) is 64.0 cm³/mol. The van der Waals surface area contributed by atoms with Gasteiger partial charge in [-0.05, 0) is 30.5 Å². The van der Waals surface area contributed by atoms with Crippen LogP contribution < -0.4 is 5.32 Å². The molecule has 0 saturated carbocycles. The summed E-state index contributed by atoms with van der Waals surface area (Å²) in [4.78, 5) is 11.6. The van der Waals surface area contributed by atoms with Gasteiger partial charge < -0.3 is 10.4 Å². The second-order valence-electron chi connectivity index (χ2n) is 4.32. The standard InChI is InChI=1S/C13H18FNO2/c1-9(8-16)10(2)15-13(17)7-11-4-3-5-12(14)6-11/h3-6,9-10,16H,7-8H2,1-2H3,(H,15,17). The molecule has 0 spiro atoms. The van der Waals surface area contributed by atoms with Gasteiger partial charge in [0.25, 0.3) is 0 Å². The third-order valence-electron chi connectivity index (χ3n) is 2.78. The van der Waals surface area contributed by atoms with Crippen LogP contribution in [0.15, 0.2) is 24.3 Å². The van der Waals surface area contributed by atoms with E-state index in [1.165, 1.54) is 12.1 Å². The van der Waals surface area contributed by atoms with Crippen LogP contribution in [0.5, 0.6) is 0 Å². The number of nitrogens with one attached hydrogen (secondary N) is 1. The number of hydrogen-bond donors (Lipinski definition) is 2. The highest BCUT2D eigenvalue weighted by Crippen LogP contribution is 2.05. The van der Waals surface area contributed by atoms with Gasteiger partial charge in [-0.2, -0.15) is 0 Å². The number of carbonyl (C=O) groups is 1. The van der Waals surface area contributed by atoms with Gasteiger partial charge in [-0.25, -0.2) is 4.39 Å². The van der Waals surface area contributed by atoms with E-state index < -0.39 is 0 Å². The molecule has 0 radical (unpaired) electrons. The van der Waals surface area contributed by atoms with Crippen LogP contribution in [0, 0.1) is 11.7 Å². The fourth-order valence-corrected chi connectivity index (χ4v) is 1.44. The lowest BCUT2D eigenvalue weighted by molar-refractivity contribution is -0.121. The van der Waals surface area contributed by atoms with Gasteiger partial charge in [0.15, 0.2) is 0 Å².